The molecule has 0 unspecified atom stereocenters. The van der Waals surface area contributed by atoms with E-state index < -0.39 is 12.1 Å². The second kappa shape index (κ2) is 11.4. The lowest BCUT2D eigenvalue weighted by molar-refractivity contribution is 0.261. The topological polar surface area (TPSA) is 134 Å². The van der Waals surface area contributed by atoms with Crippen molar-refractivity contribution in [3.05, 3.63) is 83.4 Å². The number of urea groups is 2. The lowest BCUT2D eigenvalue weighted by atomic mass is 10.1. The highest BCUT2D eigenvalue weighted by Gasteiger charge is 2.13. The second-order valence-electron chi connectivity index (χ2n) is 8.75. The summed E-state index contributed by atoms with van der Waals surface area (Å²) < 4.78 is 0. The number of carbonyl (C=O) groups excluding carboxylic acids is 2. The third-order valence-corrected chi connectivity index (χ3v) is 7.34. The van der Waals surface area contributed by atoms with Crippen molar-refractivity contribution in [3.8, 4) is 21.1 Å². The van der Waals surface area contributed by atoms with E-state index in [2.05, 4.69) is 41.7 Å². The summed E-state index contributed by atoms with van der Waals surface area (Å²) in [5.74, 6) is 0. The molecule has 0 fully saturated rings. The first-order valence-electron chi connectivity index (χ1n) is 11.9. The Morgan fingerprint density at radius 2 is 1.15 bits per heavy atom. The van der Waals surface area contributed by atoms with Crippen LogP contribution in [0.4, 0.5) is 31.2 Å². The molecule has 12 heteroatoms. The second-order valence-corrected chi connectivity index (χ2v) is 10.7. The van der Waals surface area contributed by atoms with Gasteiger partial charge in [-0.3, -0.25) is 10.6 Å². The third kappa shape index (κ3) is 6.61. The van der Waals surface area contributed by atoms with Crippen molar-refractivity contribution < 1.29 is 9.59 Å². The number of amides is 4. The van der Waals surface area contributed by atoms with Gasteiger partial charge in [0.2, 0.25) is 10.3 Å². The van der Waals surface area contributed by atoms with Crippen LogP contribution in [-0.2, 0) is 0 Å². The smallest absolute Gasteiger partial charge is 0.308 e. The van der Waals surface area contributed by atoms with Gasteiger partial charge in [0.05, 0.1) is 0 Å². The van der Waals surface area contributed by atoms with Crippen LogP contribution in [-0.4, -0.2) is 32.5 Å². The maximum Gasteiger partial charge on any atom is 0.325 e. The molecule has 0 aliphatic carbocycles. The molecule has 0 aliphatic rings. The normalized spacial score (nSPS) is 10.6. The van der Waals surface area contributed by atoms with Crippen LogP contribution < -0.4 is 21.3 Å². The van der Waals surface area contributed by atoms with Gasteiger partial charge < -0.3 is 10.6 Å². The number of aryl methyl sites for hydroxylation is 3. The number of hydrogen-bond donors (Lipinski definition) is 4. The molecule has 0 radical (unpaired) electrons. The number of carbonyl (C=O) groups is 2. The molecule has 4 amide bonds. The fraction of sp³-hybridized carbons (Fsp3) is 0.111. The Labute approximate surface area is 232 Å². The lowest BCUT2D eigenvalue weighted by Crippen LogP contribution is -2.21. The molecule has 0 spiro atoms. The molecule has 2 aromatic heterocycles. The zero-order chi connectivity index (χ0) is 27.4. The fourth-order valence-electron chi connectivity index (χ4n) is 3.68. The number of rotatable bonds is 6. The summed E-state index contributed by atoms with van der Waals surface area (Å²) in [7, 11) is 0. The Kier molecular flexibility index (Phi) is 7.57. The number of aromatic nitrogens is 4. The maximum absolute atomic E-state index is 12.7. The highest BCUT2D eigenvalue weighted by atomic mass is 32.1. The molecule has 5 rings (SSSR count). The first-order chi connectivity index (χ1) is 18.8. The quantitative estimate of drug-likeness (QED) is 0.179. The summed E-state index contributed by atoms with van der Waals surface area (Å²) in [5, 5.41) is 29.6. The van der Waals surface area contributed by atoms with Crippen LogP contribution >= 0.6 is 22.7 Å². The predicted octanol–water partition coefficient (Wildman–Crippen LogP) is 6.94. The standard InChI is InChI=1S/C27H24N8O2S2/c1-15-6-4-8-18(12-15)22-32-34-26(38-22)30-24(36)28-20-11-10-17(3)21(14-20)29-25(37)31-27-35-33-23(39-27)19-9-5-7-16(2)13-19/h4-14H,1-3H3,(H2,28,30,34,36)(H2,29,31,35,37). The summed E-state index contributed by atoms with van der Waals surface area (Å²) in [6.45, 7) is 5.86. The summed E-state index contributed by atoms with van der Waals surface area (Å²) >= 11 is 2.56. The Morgan fingerprint density at radius 3 is 1.69 bits per heavy atom. The van der Waals surface area contributed by atoms with E-state index in [1.165, 1.54) is 22.7 Å². The number of benzene rings is 3. The van der Waals surface area contributed by atoms with Crippen molar-refractivity contribution in [1.82, 2.24) is 20.4 Å². The number of nitrogens with one attached hydrogen (secondary N) is 4. The van der Waals surface area contributed by atoms with Crippen LogP contribution in [0.1, 0.15) is 16.7 Å². The van der Waals surface area contributed by atoms with Crippen molar-refractivity contribution in [2.45, 2.75) is 20.8 Å². The third-order valence-electron chi connectivity index (χ3n) is 5.56. The molecule has 0 atom stereocenters. The van der Waals surface area contributed by atoms with E-state index in [1.807, 2.05) is 69.3 Å². The molecule has 4 N–H and O–H groups in total. The summed E-state index contributed by atoms with van der Waals surface area (Å²) in [5.41, 5.74) is 5.95. The first kappa shape index (κ1) is 25.9. The van der Waals surface area contributed by atoms with Gasteiger partial charge in [-0.2, -0.15) is 0 Å². The van der Waals surface area contributed by atoms with Gasteiger partial charge in [0.15, 0.2) is 0 Å². The molecule has 2 heterocycles. The van der Waals surface area contributed by atoms with Gasteiger partial charge in [-0.1, -0.05) is 76.3 Å². The maximum atomic E-state index is 12.7. The van der Waals surface area contributed by atoms with Crippen molar-refractivity contribution in [1.29, 1.82) is 0 Å². The van der Waals surface area contributed by atoms with Gasteiger partial charge >= 0.3 is 12.1 Å². The van der Waals surface area contributed by atoms with Gasteiger partial charge in [-0.15, -0.1) is 20.4 Å². The Bertz CT molecular complexity index is 1660. The van der Waals surface area contributed by atoms with Crippen LogP contribution in [0.25, 0.3) is 21.1 Å². The molecular weight excluding hydrogens is 532 g/mol. The minimum atomic E-state index is -0.473. The highest BCUT2D eigenvalue weighted by molar-refractivity contribution is 7.19. The average molecular weight is 557 g/mol. The summed E-state index contributed by atoms with van der Waals surface area (Å²) in [4.78, 5) is 25.2. The number of nitrogens with zero attached hydrogens (tertiary/aromatic N) is 4. The fourth-order valence-corrected chi connectivity index (χ4v) is 5.15. The molecule has 196 valence electrons. The minimum absolute atomic E-state index is 0.371. The van der Waals surface area contributed by atoms with Crippen molar-refractivity contribution in [3.63, 3.8) is 0 Å². The van der Waals surface area contributed by atoms with E-state index in [0.29, 0.717) is 31.7 Å². The van der Waals surface area contributed by atoms with Crippen LogP contribution in [0.15, 0.2) is 66.7 Å². The first-order valence-corrected chi connectivity index (χ1v) is 13.5. The SMILES string of the molecule is Cc1cccc(-c2nnc(NC(=O)Nc3ccc(C)c(NC(=O)Nc4nnc(-c5cccc(C)c5)s4)c3)s2)c1. The molecular formula is C27H24N8O2S2. The molecule has 3 aromatic carbocycles. The van der Waals surface area contributed by atoms with Gasteiger partial charge in [0.1, 0.15) is 10.0 Å². The molecule has 0 saturated carbocycles. The van der Waals surface area contributed by atoms with Gasteiger partial charge in [-0.25, -0.2) is 9.59 Å². The van der Waals surface area contributed by atoms with Crippen LogP contribution in [0.3, 0.4) is 0 Å². The monoisotopic (exact) mass is 556 g/mol. The van der Waals surface area contributed by atoms with Gasteiger partial charge in [0.25, 0.3) is 0 Å². The van der Waals surface area contributed by atoms with E-state index >= 15 is 0 Å². The van der Waals surface area contributed by atoms with Crippen LogP contribution in [0, 0.1) is 20.8 Å². The van der Waals surface area contributed by atoms with Crippen molar-refractivity contribution in [2.75, 3.05) is 21.3 Å². The molecule has 0 saturated heterocycles. The zero-order valence-electron chi connectivity index (χ0n) is 21.3. The van der Waals surface area contributed by atoms with Gasteiger partial charge in [0, 0.05) is 22.5 Å². The van der Waals surface area contributed by atoms with Gasteiger partial charge in [-0.05, 0) is 50.6 Å². The molecule has 39 heavy (non-hydrogen) atoms. The van der Waals surface area contributed by atoms with Crippen molar-refractivity contribution >= 4 is 56.4 Å². The van der Waals surface area contributed by atoms with Crippen LogP contribution in [0.2, 0.25) is 0 Å². The predicted molar refractivity (Wildman–Crippen MR) is 157 cm³/mol. The van der Waals surface area contributed by atoms with Crippen molar-refractivity contribution in [2.24, 2.45) is 0 Å². The van der Waals surface area contributed by atoms with Crippen LogP contribution in [0.5, 0.6) is 0 Å². The highest BCUT2D eigenvalue weighted by Crippen LogP contribution is 2.28. The zero-order valence-corrected chi connectivity index (χ0v) is 22.9. The summed E-state index contributed by atoms with van der Waals surface area (Å²) in [6, 6.07) is 20.1. The molecule has 0 bridgehead atoms. The Balaban J connectivity index is 1.19. The summed E-state index contributed by atoms with van der Waals surface area (Å²) in [6.07, 6.45) is 0. The van der Waals surface area contributed by atoms with E-state index in [9.17, 15) is 9.59 Å². The molecule has 10 nitrogen and oxygen atoms in total. The van der Waals surface area contributed by atoms with E-state index in [1.54, 1.807) is 18.2 Å². The number of anilines is 4. The van der Waals surface area contributed by atoms with E-state index in [-0.39, 0.29) is 0 Å². The largest absolute Gasteiger partial charge is 0.325 e. The molecule has 5 aromatic rings. The van der Waals surface area contributed by atoms with E-state index in [4.69, 9.17) is 0 Å². The molecule has 0 aliphatic heterocycles. The Hall–Kier alpha value is -4.68. The van der Waals surface area contributed by atoms with E-state index in [0.717, 1.165) is 27.8 Å². The number of hydrogen-bond acceptors (Lipinski definition) is 8. The minimum Gasteiger partial charge on any atom is -0.308 e. The average Bonchev–Trinajstić information content (AvgIpc) is 3.56. The Morgan fingerprint density at radius 1 is 0.615 bits per heavy atom. The lowest BCUT2D eigenvalue weighted by Gasteiger charge is -2.11.